The molecule has 0 spiro atoms. The van der Waals surface area contributed by atoms with Crippen molar-refractivity contribution < 1.29 is 23.8 Å². The summed E-state index contributed by atoms with van der Waals surface area (Å²) in [6.07, 6.45) is 0. The summed E-state index contributed by atoms with van der Waals surface area (Å²) in [4.78, 5) is 29.2. The van der Waals surface area contributed by atoms with Crippen LogP contribution in [0.3, 0.4) is 0 Å². The fraction of sp³-hybridized carbons (Fsp3) is 0.130. The van der Waals surface area contributed by atoms with Crippen LogP contribution in [0.25, 0.3) is 0 Å². The van der Waals surface area contributed by atoms with Crippen molar-refractivity contribution in [1.82, 2.24) is 0 Å². The molecule has 0 aromatic heterocycles. The van der Waals surface area contributed by atoms with E-state index in [2.05, 4.69) is 0 Å². The average Bonchev–Trinajstić information content (AvgIpc) is 2.80. The molecule has 152 valence electrons. The van der Waals surface area contributed by atoms with E-state index in [0.29, 0.717) is 11.5 Å². The molecule has 1 heterocycles. The Morgan fingerprint density at radius 1 is 0.833 bits per heavy atom. The number of hydrogen-bond acceptors (Lipinski definition) is 6. The highest BCUT2D eigenvalue weighted by Crippen LogP contribution is 2.47. The number of rotatable bonds is 5. The van der Waals surface area contributed by atoms with Crippen molar-refractivity contribution in [1.29, 1.82) is 0 Å². The third kappa shape index (κ3) is 3.84. The Hall–Kier alpha value is -3.45. The Morgan fingerprint density at radius 3 is 1.90 bits per heavy atom. The van der Waals surface area contributed by atoms with Gasteiger partial charge in [0.2, 0.25) is 0 Å². The third-order valence-corrected chi connectivity index (χ3v) is 5.73. The maximum absolute atomic E-state index is 13.1. The van der Waals surface area contributed by atoms with Crippen molar-refractivity contribution in [2.24, 2.45) is 0 Å². The minimum absolute atomic E-state index is 0.244. The van der Waals surface area contributed by atoms with E-state index in [1.165, 1.54) is 26.4 Å². The van der Waals surface area contributed by atoms with Gasteiger partial charge in [0.05, 0.1) is 31.2 Å². The Morgan fingerprint density at radius 2 is 1.37 bits per heavy atom. The average molecular weight is 421 g/mol. The lowest BCUT2D eigenvalue weighted by Gasteiger charge is -2.30. The van der Waals surface area contributed by atoms with Crippen molar-refractivity contribution >= 4 is 35.0 Å². The number of anilines is 2. The molecule has 1 aliphatic heterocycles. The topological polar surface area (TPSA) is 65.1 Å². The van der Waals surface area contributed by atoms with E-state index in [1.807, 2.05) is 48.5 Å². The summed E-state index contributed by atoms with van der Waals surface area (Å²) >= 11 is 1.60. The van der Waals surface area contributed by atoms with Crippen molar-refractivity contribution in [3.05, 3.63) is 72.3 Å². The zero-order chi connectivity index (χ0) is 21.1. The summed E-state index contributed by atoms with van der Waals surface area (Å²) < 4.78 is 15.7. The Labute approximate surface area is 178 Å². The van der Waals surface area contributed by atoms with Crippen LogP contribution in [0.5, 0.6) is 11.5 Å². The van der Waals surface area contributed by atoms with Crippen LogP contribution in [0, 0.1) is 0 Å². The molecule has 30 heavy (non-hydrogen) atoms. The fourth-order valence-corrected chi connectivity index (χ4v) is 4.23. The number of amides is 1. The van der Waals surface area contributed by atoms with E-state index in [1.54, 1.807) is 22.7 Å². The van der Waals surface area contributed by atoms with E-state index in [4.69, 9.17) is 14.2 Å². The molecule has 1 amide bonds. The van der Waals surface area contributed by atoms with Crippen LogP contribution < -0.4 is 14.4 Å². The van der Waals surface area contributed by atoms with Gasteiger partial charge >= 0.3 is 5.97 Å². The highest BCUT2D eigenvalue weighted by atomic mass is 32.2. The Balaban J connectivity index is 1.56. The molecule has 3 aromatic rings. The summed E-state index contributed by atoms with van der Waals surface area (Å²) in [6.45, 7) is -0.397. The zero-order valence-corrected chi connectivity index (χ0v) is 17.3. The monoisotopic (exact) mass is 421 g/mol. The summed E-state index contributed by atoms with van der Waals surface area (Å²) in [5.41, 5.74) is 1.78. The van der Waals surface area contributed by atoms with Crippen LogP contribution in [-0.2, 0) is 9.53 Å². The maximum atomic E-state index is 13.1. The number of carbonyl (C=O) groups excluding carboxylic acids is 2. The highest BCUT2D eigenvalue weighted by molar-refractivity contribution is 7.99. The number of hydrogen-bond donors (Lipinski definition) is 0. The van der Waals surface area contributed by atoms with Crippen LogP contribution in [-0.4, -0.2) is 32.7 Å². The van der Waals surface area contributed by atoms with E-state index < -0.39 is 12.6 Å². The van der Waals surface area contributed by atoms with Crippen molar-refractivity contribution in [2.75, 3.05) is 25.7 Å². The molecule has 6 nitrogen and oxygen atoms in total. The summed E-state index contributed by atoms with van der Waals surface area (Å²) in [6, 6.07) is 20.0. The molecule has 0 unspecified atom stereocenters. The van der Waals surface area contributed by atoms with Crippen LogP contribution in [0.15, 0.2) is 76.5 Å². The normalized spacial score (nSPS) is 11.9. The van der Waals surface area contributed by atoms with Crippen LogP contribution in [0.1, 0.15) is 10.4 Å². The van der Waals surface area contributed by atoms with Gasteiger partial charge in [0, 0.05) is 15.9 Å². The van der Waals surface area contributed by atoms with Gasteiger partial charge in [0.25, 0.3) is 5.91 Å². The first-order valence-electron chi connectivity index (χ1n) is 9.20. The van der Waals surface area contributed by atoms with Gasteiger partial charge in [-0.15, -0.1) is 0 Å². The van der Waals surface area contributed by atoms with Gasteiger partial charge in [-0.05, 0) is 36.4 Å². The molecule has 0 saturated heterocycles. The molecule has 3 aromatic carbocycles. The quantitative estimate of drug-likeness (QED) is 0.557. The van der Waals surface area contributed by atoms with Crippen LogP contribution in [0.4, 0.5) is 11.4 Å². The van der Waals surface area contributed by atoms with Gasteiger partial charge in [0.1, 0.15) is 11.5 Å². The number of esters is 1. The molecular weight excluding hydrogens is 402 g/mol. The number of para-hydroxylation sites is 2. The lowest BCUT2D eigenvalue weighted by Crippen LogP contribution is -2.32. The first-order chi connectivity index (χ1) is 14.6. The van der Waals surface area contributed by atoms with Crippen molar-refractivity contribution in [3.63, 3.8) is 0 Å². The second-order valence-corrected chi connectivity index (χ2v) is 7.53. The van der Waals surface area contributed by atoms with Crippen molar-refractivity contribution in [3.8, 4) is 11.5 Å². The Bertz CT molecular complexity index is 1050. The van der Waals surface area contributed by atoms with Gasteiger partial charge in [-0.25, -0.2) is 4.79 Å². The minimum Gasteiger partial charge on any atom is -0.497 e. The van der Waals surface area contributed by atoms with Crippen LogP contribution >= 0.6 is 11.8 Å². The summed E-state index contributed by atoms with van der Waals surface area (Å²) in [5, 5.41) is 0. The molecular formula is C23H19NO5S. The second-order valence-electron chi connectivity index (χ2n) is 6.44. The smallest absolute Gasteiger partial charge is 0.338 e. The standard InChI is InChI=1S/C23H19NO5S/c1-27-16-11-15(12-17(13-16)28-2)23(26)29-14-22(25)24-18-7-3-5-9-20(18)30-21-10-6-4-8-19(21)24/h3-13H,14H2,1-2H3. The minimum atomic E-state index is -0.631. The number of methoxy groups -OCH3 is 2. The number of benzene rings is 3. The third-order valence-electron chi connectivity index (χ3n) is 4.60. The van der Waals surface area contributed by atoms with E-state index >= 15 is 0 Å². The van der Waals surface area contributed by atoms with Gasteiger partial charge in [-0.3, -0.25) is 9.69 Å². The van der Waals surface area contributed by atoms with Gasteiger partial charge in [0.15, 0.2) is 6.61 Å². The first-order valence-corrected chi connectivity index (χ1v) is 10.0. The fourth-order valence-electron chi connectivity index (χ4n) is 3.17. The molecule has 4 rings (SSSR count). The van der Waals surface area contributed by atoms with Gasteiger partial charge in [-0.2, -0.15) is 0 Å². The molecule has 0 radical (unpaired) electrons. The molecule has 0 bridgehead atoms. The molecule has 0 aliphatic carbocycles. The molecule has 0 saturated carbocycles. The van der Waals surface area contributed by atoms with Gasteiger partial charge in [-0.1, -0.05) is 36.0 Å². The lowest BCUT2D eigenvalue weighted by molar-refractivity contribution is -0.121. The van der Waals surface area contributed by atoms with E-state index in [-0.39, 0.29) is 11.5 Å². The molecule has 7 heteroatoms. The van der Waals surface area contributed by atoms with E-state index in [9.17, 15) is 9.59 Å². The number of ether oxygens (including phenoxy) is 3. The second kappa shape index (κ2) is 8.51. The maximum Gasteiger partial charge on any atom is 0.338 e. The van der Waals surface area contributed by atoms with Crippen molar-refractivity contribution in [2.45, 2.75) is 9.79 Å². The zero-order valence-electron chi connectivity index (χ0n) is 16.5. The predicted molar refractivity (Wildman–Crippen MR) is 114 cm³/mol. The summed E-state index contributed by atoms with van der Waals surface area (Å²) in [7, 11) is 2.99. The first kappa shape index (κ1) is 19.8. The molecule has 0 fully saturated rings. The highest BCUT2D eigenvalue weighted by Gasteiger charge is 2.28. The number of carbonyl (C=O) groups is 2. The number of nitrogens with zero attached hydrogens (tertiary/aromatic N) is 1. The molecule has 1 aliphatic rings. The van der Waals surface area contributed by atoms with Crippen LogP contribution in [0.2, 0.25) is 0 Å². The predicted octanol–water partition coefficient (Wildman–Crippen LogP) is 4.69. The molecule has 0 N–H and O–H groups in total. The van der Waals surface area contributed by atoms with Gasteiger partial charge < -0.3 is 14.2 Å². The largest absolute Gasteiger partial charge is 0.497 e. The lowest BCUT2D eigenvalue weighted by atomic mass is 10.2. The Kier molecular flexibility index (Phi) is 5.63. The summed E-state index contributed by atoms with van der Waals surface area (Å²) in [5.74, 6) is -0.0426. The number of fused-ring (bicyclic) bond motifs is 2. The SMILES string of the molecule is COc1cc(OC)cc(C(=O)OCC(=O)N2c3ccccc3Sc3ccccc32)c1. The van der Waals surface area contributed by atoms with E-state index in [0.717, 1.165) is 21.2 Å². The molecule has 0 atom stereocenters.